The van der Waals surface area contributed by atoms with Crippen LogP contribution in [-0.2, 0) is 9.47 Å². The van der Waals surface area contributed by atoms with Crippen molar-refractivity contribution in [2.24, 2.45) is 10.9 Å². The third-order valence-electron chi connectivity index (χ3n) is 3.47. The second-order valence-electron chi connectivity index (χ2n) is 4.79. The minimum absolute atomic E-state index is 0.0594. The molecule has 8 heteroatoms. The van der Waals surface area contributed by atoms with E-state index in [4.69, 9.17) is 20.4 Å². The molecule has 2 heterocycles. The van der Waals surface area contributed by atoms with Crippen molar-refractivity contribution in [3.8, 4) is 0 Å². The molecular weight excluding hydrogens is 276 g/mol. The largest absolute Gasteiger partial charge is 0.409 e. The first-order chi connectivity index (χ1) is 10.1. The summed E-state index contributed by atoms with van der Waals surface area (Å²) >= 11 is 0. The molecule has 0 bridgehead atoms. The van der Waals surface area contributed by atoms with Gasteiger partial charge in [-0.3, -0.25) is 9.78 Å². The van der Waals surface area contributed by atoms with Gasteiger partial charge in [0.15, 0.2) is 5.84 Å². The van der Waals surface area contributed by atoms with Crippen LogP contribution in [0.1, 0.15) is 22.5 Å². The van der Waals surface area contributed by atoms with Crippen LogP contribution in [0.4, 0.5) is 0 Å². The normalized spacial score (nSPS) is 22.2. The molecule has 0 radical (unpaired) electrons. The summed E-state index contributed by atoms with van der Waals surface area (Å²) in [5.41, 5.74) is 5.64. The molecule has 2 rings (SSSR count). The number of carbonyl (C=O) groups is 1. The fourth-order valence-electron chi connectivity index (χ4n) is 2.03. The summed E-state index contributed by atoms with van der Waals surface area (Å²) in [4.78, 5) is 16.0. The van der Waals surface area contributed by atoms with Crippen LogP contribution in [0.2, 0.25) is 0 Å². The second kappa shape index (κ2) is 6.51. The number of methoxy groups -OCH3 is 1. The predicted octanol–water partition coefficient (Wildman–Crippen LogP) is -0.289. The molecule has 4 N–H and O–H groups in total. The Morgan fingerprint density at radius 3 is 3.00 bits per heavy atom. The van der Waals surface area contributed by atoms with Crippen molar-refractivity contribution in [1.82, 2.24) is 10.3 Å². The Morgan fingerprint density at radius 1 is 1.67 bits per heavy atom. The maximum absolute atomic E-state index is 12.0. The van der Waals surface area contributed by atoms with E-state index in [1.54, 1.807) is 13.2 Å². The monoisotopic (exact) mass is 294 g/mol. The molecule has 1 aromatic heterocycles. The van der Waals surface area contributed by atoms with E-state index in [-0.39, 0.29) is 17.4 Å². The Labute approximate surface area is 121 Å². The maximum Gasteiger partial charge on any atom is 0.269 e. The highest BCUT2D eigenvalue weighted by atomic mass is 16.5. The van der Waals surface area contributed by atoms with Gasteiger partial charge >= 0.3 is 0 Å². The van der Waals surface area contributed by atoms with Crippen molar-refractivity contribution in [2.75, 3.05) is 26.9 Å². The zero-order valence-electron chi connectivity index (χ0n) is 11.7. The number of nitrogens with zero attached hydrogens (tertiary/aromatic N) is 2. The first-order valence-corrected chi connectivity index (χ1v) is 6.45. The average molecular weight is 294 g/mol. The first kappa shape index (κ1) is 15.2. The highest BCUT2D eigenvalue weighted by Gasteiger charge is 2.35. The summed E-state index contributed by atoms with van der Waals surface area (Å²) in [5.74, 6) is -0.375. The topological polar surface area (TPSA) is 119 Å². The number of pyridine rings is 1. The number of hydrogen-bond acceptors (Lipinski definition) is 6. The van der Waals surface area contributed by atoms with Gasteiger partial charge in [0.05, 0.1) is 6.61 Å². The third-order valence-corrected chi connectivity index (χ3v) is 3.47. The van der Waals surface area contributed by atoms with E-state index >= 15 is 0 Å². The average Bonchev–Trinajstić information content (AvgIpc) is 3.01. The van der Waals surface area contributed by atoms with Crippen LogP contribution < -0.4 is 11.1 Å². The van der Waals surface area contributed by atoms with E-state index in [1.165, 1.54) is 12.3 Å². The number of nitrogens with one attached hydrogen (secondary N) is 1. The smallest absolute Gasteiger partial charge is 0.269 e. The lowest BCUT2D eigenvalue weighted by atomic mass is 10.0. The third kappa shape index (κ3) is 3.47. The van der Waals surface area contributed by atoms with E-state index < -0.39 is 5.60 Å². The molecule has 21 heavy (non-hydrogen) atoms. The van der Waals surface area contributed by atoms with E-state index in [1.807, 2.05) is 0 Å². The molecule has 1 aliphatic rings. The number of nitrogens with two attached hydrogens (primary N) is 1. The standard InChI is InChI=1S/C13H18N4O4/c1-20-13(4-5-21-8-13)7-16-12(18)10-3-2-9(6-15-10)11(14)17-19/h2-3,6,19H,4-5,7-8H2,1H3,(H2,14,17)(H,16,18). The SMILES string of the molecule is COC1(CNC(=O)c2ccc(/C(N)=N/O)cn2)CCOC1. The summed E-state index contributed by atoms with van der Waals surface area (Å²) in [6.45, 7) is 1.43. The van der Waals surface area contributed by atoms with E-state index in [0.29, 0.717) is 25.3 Å². The molecule has 1 saturated heterocycles. The lowest BCUT2D eigenvalue weighted by Gasteiger charge is -2.25. The van der Waals surface area contributed by atoms with Crippen LogP contribution in [0.5, 0.6) is 0 Å². The molecule has 1 aromatic rings. The van der Waals surface area contributed by atoms with E-state index in [9.17, 15) is 4.79 Å². The molecule has 1 atom stereocenters. The highest BCUT2D eigenvalue weighted by Crippen LogP contribution is 2.21. The molecule has 0 aromatic carbocycles. The van der Waals surface area contributed by atoms with Crippen LogP contribution in [0.25, 0.3) is 0 Å². The summed E-state index contributed by atoms with van der Waals surface area (Å²) < 4.78 is 10.7. The van der Waals surface area contributed by atoms with Gasteiger partial charge in [-0.05, 0) is 12.1 Å². The van der Waals surface area contributed by atoms with Crippen molar-refractivity contribution in [1.29, 1.82) is 0 Å². The predicted molar refractivity (Wildman–Crippen MR) is 74.3 cm³/mol. The molecule has 0 aliphatic carbocycles. The first-order valence-electron chi connectivity index (χ1n) is 6.45. The van der Waals surface area contributed by atoms with Crippen LogP contribution >= 0.6 is 0 Å². The second-order valence-corrected chi connectivity index (χ2v) is 4.79. The number of amides is 1. The Balaban J connectivity index is 1.97. The Bertz CT molecular complexity index is 523. The highest BCUT2D eigenvalue weighted by molar-refractivity contribution is 5.98. The lowest BCUT2D eigenvalue weighted by Crippen LogP contribution is -2.45. The molecule has 114 valence electrons. The summed E-state index contributed by atoms with van der Waals surface area (Å²) in [7, 11) is 1.60. The van der Waals surface area contributed by atoms with Gasteiger partial charge in [0.2, 0.25) is 0 Å². The van der Waals surface area contributed by atoms with E-state index in [2.05, 4.69) is 15.5 Å². The maximum atomic E-state index is 12.0. The number of oxime groups is 1. The quantitative estimate of drug-likeness (QED) is 0.297. The van der Waals surface area contributed by atoms with Gasteiger partial charge in [0, 0.05) is 38.4 Å². The van der Waals surface area contributed by atoms with E-state index in [0.717, 1.165) is 6.42 Å². The van der Waals surface area contributed by atoms with Crippen LogP contribution in [0, 0.1) is 0 Å². The lowest BCUT2D eigenvalue weighted by molar-refractivity contribution is -0.0149. The number of aromatic nitrogens is 1. The number of ether oxygens (including phenoxy) is 2. The van der Waals surface area contributed by atoms with Crippen molar-refractivity contribution < 1.29 is 19.5 Å². The van der Waals surface area contributed by atoms with Crippen molar-refractivity contribution >= 4 is 11.7 Å². The van der Waals surface area contributed by atoms with Crippen LogP contribution in [-0.4, -0.2) is 54.4 Å². The summed E-state index contributed by atoms with van der Waals surface area (Å²) in [6, 6.07) is 3.06. The molecule has 1 unspecified atom stereocenters. The van der Waals surface area contributed by atoms with Crippen molar-refractivity contribution in [3.63, 3.8) is 0 Å². The van der Waals surface area contributed by atoms with Gasteiger partial charge in [0.25, 0.3) is 5.91 Å². The minimum atomic E-state index is -0.469. The Morgan fingerprint density at radius 2 is 2.48 bits per heavy atom. The van der Waals surface area contributed by atoms with Crippen molar-refractivity contribution in [2.45, 2.75) is 12.0 Å². The zero-order chi connectivity index (χ0) is 15.3. The van der Waals surface area contributed by atoms with Gasteiger partial charge < -0.3 is 25.7 Å². The Hall–Kier alpha value is -2.19. The van der Waals surface area contributed by atoms with Gasteiger partial charge in [-0.15, -0.1) is 0 Å². The number of carbonyl (C=O) groups excluding carboxylic acids is 1. The summed E-state index contributed by atoms with van der Waals surface area (Å²) in [5, 5.41) is 14.2. The van der Waals surface area contributed by atoms with Gasteiger partial charge in [0.1, 0.15) is 11.3 Å². The molecule has 0 saturated carbocycles. The fraction of sp³-hybridized carbons (Fsp3) is 0.462. The number of hydrogen-bond donors (Lipinski definition) is 3. The van der Waals surface area contributed by atoms with Crippen molar-refractivity contribution in [3.05, 3.63) is 29.6 Å². The van der Waals surface area contributed by atoms with Crippen LogP contribution in [0.3, 0.4) is 0 Å². The van der Waals surface area contributed by atoms with Gasteiger partial charge in [-0.1, -0.05) is 5.16 Å². The molecule has 0 spiro atoms. The number of rotatable bonds is 5. The summed E-state index contributed by atoms with van der Waals surface area (Å²) in [6.07, 6.45) is 2.11. The molecule has 1 aliphatic heterocycles. The Kier molecular flexibility index (Phi) is 4.71. The zero-order valence-corrected chi connectivity index (χ0v) is 11.7. The molecule has 1 amide bonds. The van der Waals surface area contributed by atoms with Gasteiger partial charge in [-0.2, -0.15) is 0 Å². The molecule has 1 fully saturated rings. The number of amidine groups is 1. The minimum Gasteiger partial charge on any atom is -0.409 e. The van der Waals surface area contributed by atoms with Gasteiger partial charge in [-0.25, -0.2) is 0 Å². The molecular formula is C13H18N4O4. The molecule has 8 nitrogen and oxygen atoms in total. The van der Waals surface area contributed by atoms with Crippen LogP contribution in [0.15, 0.2) is 23.5 Å². The fourth-order valence-corrected chi connectivity index (χ4v) is 2.03.